The van der Waals surface area contributed by atoms with Crippen LogP contribution >= 0.6 is 7.59 Å². The van der Waals surface area contributed by atoms with E-state index in [0.29, 0.717) is 4.67 Å². The Hall–Kier alpha value is -0.510. The fourth-order valence-corrected chi connectivity index (χ4v) is 3.77. The highest BCUT2D eigenvalue weighted by Gasteiger charge is 2.40. The van der Waals surface area contributed by atoms with Gasteiger partial charge in [-0.05, 0) is 6.42 Å². The molecule has 1 saturated heterocycles. The van der Waals surface area contributed by atoms with Gasteiger partial charge in [-0.3, -0.25) is 24.1 Å². The molecule has 0 aromatic heterocycles. The lowest BCUT2D eigenvalue weighted by atomic mass is 10.3. The van der Waals surface area contributed by atoms with Crippen molar-refractivity contribution in [3.63, 3.8) is 0 Å². The Balaban J connectivity index is 2.88. The van der Waals surface area contributed by atoms with E-state index in [0.717, 1.165) is 0 Å². The van der Waals surface area contributed by atoms with E-state index in [-0.39, 0.29) is 13.0 Å². The van der Waals surface area contributed by atoms with E-state index >= 15 is 0 Å². The second-order valence-corrected chi connectivity index (χ2v) is 6.45. The summed E-state index contributed by atoms with van der Waals surface area (Å²) in [6.45, 7) is -0.0176. The van der Waals surface area contributed by atoms with Gasteiger partial charge in [0.05, 0.1) is 6.04 Å². The van der Waals surface area contributed by atoms with E-state index in [9.17, 15) is 17.8 Å². The summed E-state index contributed by atoms with van der Waals surface area (Å²) in [6, 6.07) is -0.843. The van der Waals surface area contributed by atoms with Crippen LogP contribution < -0.4 is 15.7 Å². The first kappa shape index (κ1) is 12.6. The Morgan fingerprint density at radius 3 is 2.47 bits per heavy atom. The minimum Gasteiger partial charge on any atom is -0.320 e. The van der Waals surface area contributed by atoms with E-state index < -0.39 is 29.8 Å². The summed E-state index contributed by atoms with van der Waals surface area (Å²) in [5, 5.41) is 0. The average molecular weight is 258 g/mol. The largest absolute Gasteiger partial charge is 0.341 e. The first-order chi connectivity index (χ1) is 6.63. The van der Waals surface area contributed by atoms with Crippen LogP contribution in [0.5, 0.6) is 0 Å². The van der Waals surface area contributed by atoms with Crippen LogP contribution in [0.2, 0.25) is 0 Å². The molecule has 1 rings (SSSR count). The predicted octanol–water partition coefficient (Wildman–Crippen LogP) is -1.99. The van der Waals surface area contributed by atoms with Gasteiger partial charge in [0.1, 0.15) is 0 Å². The highest BCUT2D eigenvalue weighted by Crippen LogP contribution is 2.40. The molecule has 0 aromatic rings. The van der Waals surface area contributed by atoms with Crippen LogP contribution in [0, 0.1) is 0 Å². The number of nitrogens with zero attached hydrogens (tertiary/aromatic N) is 1. The van der Waals surface area contributed by atoms with Crippen LogP contribution in [0.4, 0.5) is 0 Å². The molecule has 1 heterocycles. The van der Waals surface area contributed by atoms with Crippen molar-refractivity contribution in [3.05, 3.63) is 0 Å². The smallest absolute Gasteiger partial charge is 0.320 e. The van der Waals surface area contributed by atoms with E-state index in [4.69, 9.17) is 15.8 Å². The molecule has 0 spiro atoms. The lowest BCUT2D eigenvalue weighted by molar-refractivity contribution is -0.124. The van der Waals surface area contributed by atoms with E-state index in [1.807, 2.05) is 0 Å². The summed E-state index contributed by atoms with van der Waals surface area (Å²) in [6.07, 6.45) is 0.229. The number of nitrogens with two attached hydrogens (primary N) is 2. The van der Waals surface area contributed by atoms with Crippen molar-refractivity contribution in [2.75, 3.05) is 6.54 Å². The second-order valence-electron chi connectivity index (χ2n) is 3.05. The van der Waals surface area contributed by atoms with Gasteiger partial charge >= 0.3 is 17.9 Å². The molecule has 0 unspecified atom stereocenters. The zero-order valence-corrected chi connectivity index (χ0v) is 9.24. The van der Waals surface area contributed by atoms with Crippen LogP contribution in [0.25, 0.3) is 0 Å². The first-order valence-electron chi connectivity index (χ1n) is 3.86. The van der Waals surface area contributed by atoms with Gasteiger partial charge in [-0.1, -0.05) is 0 Å². The quantitative estimate of drug-likeness (QED) is 0.337. The minimum absolute atomic E-state index is 0.0176. The van der Waals surface area contributed by atoms with Gasteiger partial charge in [-0.2, -0.15) is 8.42 Å². The zero-order valence-electron chi connectivity index (χ0n) is 7.53. The fraction of sp³-hybridized carbons (Fsp3) is 0.750. The van der Waals surface area contributed by atoms with Crippen LogP contribution in [0.1, 0.15) is 6.42 Å². The highest BCUT2D eigenvalue weighted by molar-refractivity contribution is 7.90. The van der Waals surface area contributed by atoms with Crippen molar-refractivity contribution in [2.24, 2.45) is 11.2 Å². The molecule has 0 radical (unpaired) electrons. The Kier molecular flexibility index (Phi) is 3.19. The lowest BCUT2D eigenvalue weighted by Crippen LogP contribution is -2.39. The molecule has 11 heteroatoms. The Labute approximate surface area is 86.2 Å². The summed E-state index contributed by atoms with van der Waals surface area (Å²) in [7, 11) is -8.87. The lowest BCUT2D eigenvalue weighted by Gasteiger charge is -2.22. The van der Waals surface area contributed by atoms with Crippen molar-refractivity contribution < 1.29 is 22.3 Å². The highest BCUT2D eigenvalue weighted by atomic mass is 32.2. The van der Waals surface area contributed by atoms with Crippen LogP contribution in [0.15, 0.2) is 0 Å². The molecule has 1 fully saturated rings. The fourth-order valence-electron chi connectivity index (χ4n) is 1.20. The Morgan fingerprint density at radius 1 is 1.60 bits per heavy atom. The second kappa shape index (κ2) is 3.81. The molecule has 0 saturated carbocycles. The molecular weight excluding hydrogens is 247 g/mol. The number of amides is 1. The summed E-state index contributed by atoms with van der Waals surface area (Å²) >= 11 is 0. The number of nitrogens with one attached hydrogen (secondary N) is 1. The number of carbonyl (C=O) groups is 1. The molecule has 0 aromatic carbocycles. The number of hydrogen-bond donors (Lipinski definition) is 4. The Bertz CT molecular complexity index is 421. The maximum absolute atomic E-state index is 11.6. The third-order valence-electron chi connectivity index (χ3n) is 1.83. The minimum atomic E-state index is -4.73. The first-order valence-corrected chi connectivity index (χ1v) is 7.03. The van der Waals surface area contributed by atoms with Crippen LogP contribution in [-0.2, 0) is 19.7 Å². The number of rotatable bonds is 3. The summed E-state index contributed by atoms with van der Waals surface area (Å²) in [5.41, 5.74) is 10.4. The van der Waals surface area contributed by atoms with Gasteiger partial charge in [-0.15, -0.1) is 4.49 Å². The van der Waals surface area contributed by atoms with Crippen LogP contribution in [-0.4, -0.2) is 36.1 Å². The summed E-state index contributed by atoms with van der Waals surface area (Å²) in [5.74, 6) is -0.711. The summed E-state index contributed by atoms with van der Waals surface area (Å²) in [4.78, 5) is 11.3. The molecule has 15 heavy (non-hydrogen) atoms. The molecular formula is C4H11N4O5PS. The van der Waals surface area contributed by atoms with Gasteiger partial charge in [0.2, 0.25) is 5.91 Å². The van der Waals surface area contributed by atoms with Gasteiger partial charge < -0.3 is 5.73 Å². The molecule has 0 aliphatic carbocycles. The van der Waals surface area contributed by atoms with Crippen molar-refractivity contribution in [3.8, 4) is 0 Å². The van der Waals surface area contributed by atoms with Crippen molar-refractivity contribution >= 4 is 23.8 Å². The molecule has 88 valence electrons. The third-order valence-corrected chi connectivity index (χ3v) is 4.91. The van der Waals surface area contributed by atoms with Gasteiger partial charge in [0, 0.05) is 6.54 Å². The zero-order chi connectivity index (χ0) is 11.9. The normalized spacial score (nSPS) is 26.7. The standard InChI is InChI=1S/C4H11N4O5PS/c5-3-1-2-8(4(3)9)14(6,10)7-15(11,12)13/h3H,1-2,5H2,(H3,6,7,10)(H,11,12,13)/t3-,14-/m0/s1. The van der Waals surface area contributed by atoms with E-state index in [1.165, 1.54) is 4.49 Å². The molecule has 9 nitrogen and oxygen atoms in total. The van der Waals surface area contributed by atoms with Crippen molar-refractivity contribution in [2.45, 2.75) is 12.5 Å². The topological polar surface area (TPSA) is 156 Å². The van der Waals surface area contributed by atoms with E-state index in [2.05, 4.69) is 0 Å². The monoisotopic (exact) mass is 258 g/mol. The molecule has 1 aliphatic rings. The average Bonchev–Trinajstić information content (AvgIpc) is 2.27. The molecule has 1 amide bonds. The van der Waals surface area contributed by atoms with Gasteiger partial charge in [-0.25, -0.2) is 0 Å². The summed E-state index contributed by atoms with van der Waals surface area (Å²) < 4.78 is 42.7. The maximum Gasteiger partial charge on any atom is 0.341 e. The number of carbonyl (C=O) groups excluding carboxylic acids is 1. The van der Waals surface area contributed by atoms with Gasteiger partial charge in [0.15, 0.2) is 0 Å². The number of hydrogen-bond acceptors (Lipinski definition) is 5. The van der Waals surface area contributed by atoms with Gasteiger partial charge in [0.25, 0.3) is 0 Å². The third kappa shape index (κ3) is 2.97. The molecule has 6 N–H and O–H groups in total. The Morgan fingerprint density at radius 2 is 2.13 bits per heavy atom. The maximum atomic E-state index is 11.6. The SMILES string of the molecule is N[C@H]1CCN([P@@](N)(=O)NS(=O)(=O)O)C1=O. The van der Waals surface area contributed by atoms with Crippen LogP contribution in [0.3, 0.4) is 0 Å². The van der Waals surface area contributed by atoms with E-state index in [1.54, 1.807) is 0 Å². The molecule has 2 atom stereocenters. The predicted molar refractivity (Wildman–Crippen MR) is 50.8 cm³/mol. The van der Waals surface area contributed by atoms with Crippen molar-refractivity contribution in [1.29, 1.82) is 0 Å². The van der Waals surface area contributed by atoms with Crippen molar-refractivity contribution in [1.82, 2.24) is 9.16 Å². The molecule has 1 aliphatic heterocycles. The molecule has 0 bridgehead atoms.